The molecule has 1 aliphatic heterocycles. The molecule has 54 valence electrons. The molecule has 1 rings (SSSR count). The third-order valence-corrected chi connectivity index (χ3v) is 2.03. The molecule has 0 aliphatic carbocycles. The monoisotopic (exact) mass is 135 g/mol. The number of hydrogen-bond acceptors (Lipinski definition) is 1. The molecule has 1 nitrogen and oxygen atoms in total. The second-order valence-electron chi connectivity index (χ2n) is 2.86. The van der Waals surface area contributed by atoms with Crippen molar-refractivity contribution in [2.75, 3.05) is 13.1 Å². The first kappa shape index (κ1) is 7.61. The van der Waals surface area contributed by atoms with Crippen molar-refractivity contribution < 1.29 is 0 Å². The van der Waals surface area contributed by atoms with E-state index in [1.54, 1.807) is 5.57 Å². The average molecular weight is 135 g/mol. The summed E-state index contributed by atoms with van der Waals surface area (Å²) in [4.78, 5) is 2.32. The van der Waals surface area contributed by atoms with Crippen LogP contribution < -0.4 is 0 Å². The van der Waals surface area contributed by atoms with Crippen molar-refractivity contribution in [3.8, 4) is 0 Å². The van der Waals surface area contributed by atoms with Gasteiger partial charge < -0.3 is 4.81 Å². The third-order valence-electron chi connectivity index (χ3n) is 2.03. The molecular formula is C8H14BN. The van der Waals surface area contributed by atoms with Gasteiger partial charge in [-0.05, 0) is 12.0 Å². The van der Waals surface area contributed by atoms with Crippen LogP contribution in [-0.2, 0) is 0 Å². The minimum Gasteiger partial charge on any atom is -0.342 e. The summed E-state index contributed by atoms with van der Waals surface area (Å²) >= 11 is 0. The fourth-order valence-electron chi connectivity index (χ4n) is 1.43. The quantitative estimate of drug-likeness (QED) is 0.505. The smallest absolute Gasteiger partial charge is 0.186 e. The summed E-state index contributed by atoms with van der Waals surface area (Å²) < 4.78 is 0. The lowest BCUT2D eigenvalue weighted by Gasteiger charge is -2.05. The number of nitrogens with zero attached hydrogens (tertiary/aromatic N) is 1. The van der Waals surface area contributed by atoms with Crippen LogP contribution in [0, 0.1) is 0 Å². The largest absolute Gasteiger partial charge is 0.342 e. The van der Waals surface area contributed by atoms with E-state index in [9.17, 15) is 0 Å². The van der Waals surface area contributed by atoms with Gasteiger partial charge in [-0.3, -0.25) is 0 Å². The lowest BCUT2D eigenvalue weighted by molar-refractivity contribution is 0.571. The molecule has 0 aromatic rings. The van der Waals surface area contributed by atoms with E-state index in [-0.39, 0.29) is 0 Å². The molecule has 0 fully saturated rings. The van der Waals surface area contributed by atoms with E-state index in [2.05, 4.69) is 26.3 Å². The summed E-state index contributed by atoms with van der Waals surface area (Å²) in [5, 5.41) is 0. The van der Waals surface area contributed by atoms with Crippen molar-refractivity contribution in [2.45, 2.75) is 13.3 Å². The highest BCUT2D eigenvalue weighted by molar-refractivity contribution is 6.05. The average Bonchev–Trinajstić information content (AvgIpc) is 2.30. The molecule has 0 N–H and O–H groups in total. The van der Waals surface area contributed by atoms with E-state index >= 15 is 0 Å². The van der Waals surface area contributed by atoms with Crippen LogP contribution in [0.3, 0.4) is 0 Å². The van der Waals surface area contributed by atoms with E-state index in [4.69, 9.17) is 0 Å². The maximum Gasteiger partial charge on any atom is 0.186 e. The van der Waals surface area contributed by atoms with Gasteiger partial charge in [0.2, 0.25) is 0 Å². The zero-order valence-electron chi connectivity index (χ0n) is 6.85. The van der Waals surface area contributed by atoms with Crippen molar-refractivity contribution in [2.24, 2.45) is 0 Å². The van der Waals surface area contributed by atoms with Crippen LogP contribution >= 0.6 is 0 Å². The van der Waals surface area contributed by atoms with Gasteiger partial charge in [0.05, 0.1) is 0 Å². The van der Waals surface area contributed by atoms with E-state index in [0.717, 1.165) is 13.1 Å². The van der Waals surface area contributed by atoms with Crippen molar-refractivity contribution in [1.29, 1.82) is 0 Å². The summed E-state index contributed by atoms with van der Waals surface area (Å²) in [7, 11) is 2.14. The molecule has 0 aromatic carbocycles. The van der Waals surface area contributed by atoms with E-state index in [1.165, 1.54) is 12.0 Å². The molecule has 2 heteroatoms. The van der Waals surface area contributed by atoms with Gasteiger partial charge in [0.25, 0.3) is 0 Å². The Bertz CT molecular complexity index is 172. The fourth-order valence-corrected chi connectivity index (χ4v) is 1.43. The van der Waals surface area contributed by atoms with E-state index in [0.29, 0.717) is 0 Å². The van der Waals surface area contributed by atoms with E-state index < -0.39 is 0 Å². The molecule has 0 bridgehead atoms. The van der Waals surface area contributed by atoms with Crippen molar-refractivity contribution in [1.82, 2.24) is 4.81 Å². The summed E-state index contributed by atoms with van der Waals surface area (Å²) in [6.45, 7) is 8.22. The minimum absolute atomic E-state index is 1.09. The maximum absolute atomic E-state index is 3.79. The van der Waals surface area contributed by atoms with Crippen LogP contribution in [0.2, 0.25) is 0 Å². The minimum atomic E-state index is 1.09. The Hall–Kier alpha value is -0.495. The predicted molar refractivity (Wildman–Crippen MR) is 47.6 cm³/mol. The van der Waals surface area contributed by atoms with Crippen LogP contribution in [-0.4, -0.2) is 25.9 Å². The molecule has 0 aromatic heterocycles. The molecule has 0 unspecified atom stereocenters. The molecule has 0 atom stereocenters. The van der Waals surface area contributed by atoms with Crippen molar-refractivity contribution >= 4 is 7.98 Å². The standard InChI is InChI=1S/C8H14BN/c1-3-7-5-10(9)6-8(7)4-2/h3H,1,4-6,9H2,2H3. The van der Waals surface area contributed by atoms with Gasteiger partial charge in [-0.2, -0.15) is 0 Å². The predicted octanol–water partition coefficient (Wildman–Crippen LogP) is 0.743. The Morgan fingerprint density at radius 1 is 1.70 bits per heavy atom. The zero-order valence-corrected chi connectivity index (χ0v) is 6.85. The van der Waals surface area contributed by atoms with Gasteiger partial charge in [-0.25, -0.2) is 0 Å². The fraction of sp³-hybridized carbons (Fsp3) is 0.500. The lowest BCUT2D eigenvalue weighted by atomic mass is 10.1. The summed E-state index contributed by atoms with van der Waals surface area (Å²) in [5.41, 5.74) is 2.99. The first-order valence-corrected chi connectivity index (χ1v) is 3.79. The lowest BCUT2D eigenvalue weighted by Crippen LogP contribution is -2.16. The molecule has 0 spiro atoms. The maximum atomic E-state index is 3.79. The Morgan fingerprint density at radius 2 is 2.40 bits per heavy atom. The zero-order chi connectivity index (χ0) is 7.56. The Kier molecular flexibility index (Phi) is 2.33. The van der Waals surface area contributed by atoms with Gasteiger partial charge in [-0.1, -0.05) is 25.2 Å². The highest BCUT2D eigenvalue weighted by Crippen LogP contribution is 2.18. The first-order valence-electron chi connectivity index (χ1n) is 3.79. The molecule has 0 saturated carbocycles. The van der Waals surface area contributed by atoms with Crippen LogP contribution in [0.15, 0.2) is 23.8 Å². The highest BCUT2D eigenvalue weighted by Gasteiger charge is 2.13. The van der Waals surface area contributed by atoms with Crippen LogP contribution in [0.1, 0.15) is 13.3 Å². The van der Waals surface area contributed by atoms with Crippen LogP contribution in [0.5, 0.6) is 0 Å². The normalized spacial score (nSPS) is 20.1. The van der Waals surface area contributed by atoms with Gasteiger partial charge in [-0.15, -0.1) is 0 Å². The highest BCUT2D eigenvalue weighted by atomic mass is 15.0. The topological polar surface area (TPSA) is 3.24 Å². The Balaban J connectivity index is 2.70. The molecular weight excluding hydrogens is 121 g/mol. The molecule has 0 saturated heterocycles. The number of hydrogen-bond donors (Lipinski definition) is 0. The van der Waals surface area contributed by atoms with Crippen molar-refractivity contribution in [3.05, 3.63) is 23.8 Å². The molecule has 1 heterocycles. The van der Waals surface area contributed by atoms with Gasteiger partial charge in [0, 0.05) is 13.1 Å². The molecule has 10 heavy (non-hydrogen) atoms. The first-order chi connectivity index (χ1) is 4.77. The summed E-state index contributed by atoms with van der Waals surface area (Å²) in [6.07, 6.45) is 3.16. The molecule has 0 radical (unpaired) electrons. The summed E-state index contributed by atoms with van der Waals surface area (Å²) in [5.74, 6) is 0. The van der Waals surface area contributed by atoms with Crippen LogP contribution in [0.4, 0.5) is 0 Å². The van der Waals surface area contributed by atoms with Crippen molar-refractivity contribution in [3.63, 3.8) is 0 Å². The SMILES string of the molecule is BN1CC(C=C)=C(CC)C1. The Morgan fingerprint density at radius 3 is 2.80 bits per heavy atom. The second kappa shape index (κ2) is 3.06. The molecule has 1 aliphatic rings. The van der Waals surface area contributed by atoms with E-state index in [1.807, 2.05) is 6.08 Å². The second-order valence-corrected chi connectivity index (χ2v) is 2.86. The number of rotatable bonds is 2. The third kappa shape index (κ3) is 1.32. The van der Waals surface area contributed by atoms with Crippen LogP contribution in [0.25, 0.3) is 0 Å². The summed E-state index contributed by atoms with van der Waals surface area (Å²) in [6, 6.07) is 0. The van der Waals surface area contributed by atoms with Gasteiger partial charge >= 0.3 is 0 Å². The van der Waals surface area contributed by atoms with Gasteiger partial charge in [0.15, 0.2) is 7.98 Å². The Labute approximate surface area is 63.8 Å². The molecule has 0 amide bonds. The van der Waals surface area contributed by atoms with Gasteiger partial charge in [0.1, 0.15) is 0 Å².